The molecule has 0 aromatic rings. The van der Waals surface area contributed by atoms with Gasteiger partial charge < -0.3 is 15.7 Å². The van der Waals surface area contributed by atoms with E-state index >= 15 is 0 Å². The van der Waals surface area contributed by atoms with Gasteiger partial charge in [0.15, 0.2) is 0 Å². The van der Waals surface area contributed by atoms with E-state index < -0.39 is 11.4 Å². The predicted molar refractivity (Wildman–Crippen MR) is 57.6 cm³/mol. The number of carbonyl (C=O) groups excluding carboxylic acids is 1. The minimum Gasteiger partial charge on any atom is -0.481 e. The zero-order valence-corrected chi connectivity index (χ0v) is 9.76. The molecule has 0 aliphatic rings. The average Bonchev–Trinajstić information content (AvgIpc) is 2.11. The van der Waals surface area contributed by atoms with Crippen molar-refractivity contribution in [1.82, 2.24) is 10.6 Å². The molecule has 0 aliphatic heterocycles. The number of hydrogen-bond acceptors (Lipinski definition) is 3. The van der Waals surface area contributed by atoms with Gasteiger partial charge in [-0.1, -0.05) is 13.8 Å². The Labute approximate surface area is 90.2 Å². The van der Waals surface area contributed by atoms with E-state index in [-0.39, 0.29) is 25.0 Å². The minimum atomic E-state index is -0.923. The van der Waals surface area contributed by atoms with Crippen LogP contribution in [0, 0.1) is 5.41 Å². The van der Waals surface area contributed by atoms with Gasteiger partial charge >= 0.3 is 5.97 Å². The molecule has 5 nitrogen and oxygen atoms in total. The van der Waals surface area contributed by atoms with E-state index in [0.29, 0.717) is 0 Å². The van der Waals surface area contributed by atoms with Gasteiger partial charge in [-0.2, -0.15) is 0 Å². The molecule has 0 heterocycles. The predicted octanol–water partition coefficient (Wildman–Crippen LogP) is 0.211. The third-order valence-electron chi connectivity index (χ3n) is 1.98. The zero-order chi connectivity index (χ0) is 12.1. The fourth-order valence-corrected chi connectivity index (χ4v) is 0.754. The smallest absolute Gasteiger partial charge is 0.310 e. The Morgan fingerprint density at radius 2 is 1.87 bits per heavy atom. The number of carbonyl (C=O) groups is 2. The molecule has 1 amide bonds. The maximum Gasteiger partial charge on any atom is 0.310 e. The van der Waals surface area contributed by atoms with Crippen LogP contribution < -0.4 is 10.6 Å². The second kappa shape index (κ2) is 5.70. The van der Waals surface area contributed by atoms with Crippen molar-refractivity contribution in [3.8, 4) is 0 Å². The molecule has 15 heavy (non-hydrogen) atoms. The maximum atomic E-state index is 11.3. The number of carboxylic acid groups (broad SMARTS) is 1. The first-order valence-corrected chi connectivity index (χ1v) is 4.99. The largest absolute Gasteiger partial charge is 0.481 e. The van der Waals surface area contributed by atoms with E-state index in [2.05, 4.69) is 10.6 Å². The lowest BCUT2D eigenvalue weighted by atomic mass is 9.94. The molecule has 0 radical (unpaired) electrons. The molecule has 88 valence electrons. The Hall–Kier alpha value is -1.10. The monoisotopic (exact) mass is 216 g/mol. The number of hydrogen-bond donors (Lipinski definition) is 3. The van der Waals surface area contributed by atoms with Crippen LogP contribution in [0.3, 0.4) is 0 Å². The fraction of sp³-hybridized carbons (Fsp3) is 0.800. The van der Waals surface area contributed by atoms with Crippen LogP contribution in [0.2, 0.25) is 0 Å². The van der Waals surface area contributed by atoms with Gasteiger partial charge in [0, 0.05) is 12.6 Å². The average molecular weight is 216 g/mol. The Kier molecular flexibility index (Phi) is 5.28. The van der Waals surface area contributed by atoms with Crippen molar-refractivity contribution in [3.05, 3.63) is 0 Å². The first kappa shape index (κ1) is 13.9. The van der Waals surface area contributed by atoms with Crippen LogP contribution in [0.4, 0.5) is 0 Å². The third-order valence-corrected chi connectivity index (χ3v) is 1.98. The Morgan fingerprint density at radius 1 is 1.33 bits per heavy atom. The molecule has 0 atom stereocenters. The van der Waals surface area contributed by atoms with Gasteiger partial charge in [0.2, 0.25) is 5.91 Å². The van der Waals surface area contributed by atoms with Crippen molar-refractivity contribution in [2.45, 2.75) is 33.7 Å². The zero-order valence-electron chi connectivity index (χ0n) is 9.76. The molecular formula is C10H20N2O3. The van der Waals surface area contributed by atoms with Crippen LogP contribution in [-0.4, -0.2) is 36.1 Å². The molecule has 0 rings (SSSR count). The Morgan fingerprint density at radius 3 is 2.27 bits per heavy atom. The van der Waals surface area contributed by atoms with Crippen LogP contribution in [-0.2, 0) is 9.59 Å². The van der Waals surface area contributed by atoms with Crippen LogP contribution in [0.25, 0.3) is 0 Å². The summed E-state index contributed by atoms with van der Waals surface area (Å²) in [6, 6.07) is 0.239. The molecule has 0 aromatic heterocycles. The quantitative estimate of drug-likeness (QED) is 0.593. The number of carboxylic acids is 1. The van der Waals surface area contributed by atoms with Crippen LogP contribution in [0.1, 0.15) is 27.7 Å². The summed E-state index contributed by atoms with van der Waals surface area (Å²) in [5.41, 5.74) is -0.923. The van der Waals surface area contributed by atoms with Gasteiger partial charge in [-0.05, 0) is 13.8 Å². The molecule has 0 aromatic carbocycles. The maximum absolute atomic E-state index is 11.3. The summed E-state index contributed by atoms with van der Waals surface area (Å²) in [4.78, 5) is 22.0. The highest BCUT2D eigenvalue weighted by atomic mass is 16.4. The van der Waals surface area contributed by atoms with Crippen molar-refractivity contribution in [3.63, 3.8) is 0 Å². The van der Waals surface area contributed by atoms with Crippen molar-refractivity contribution in [2.75, 3.05) is 13.1 Å². The van der Waals surface area contributed by atoms with Crippen molar-refractivity contribution >= 4 is 11.9 Å². The summed E-state index contributed by atoms with van der Waals surface area (Å²) in [6.07, 6.45) is 0. The van der Waals surface area contributed by atoms with E-state index in [9.17, 15) is 9.59 Å². The summed E-state index contributed by atoms with van der Waals surface area (Å²) >= 11 is 0. The SMILES string of the molecule is CC(C)NCC(=O)NCC(C)(C)C(=O)O. The van der Waals surface area contributed by atoms with Crippen molar-refractivity contribution in [1.29, 1.82) is 0 Å². The van der Waals surface area contributed by atoms with Gasteiger partial charge in [-0.15, -0.1) is 0 Å². The van der Waals surface area contributed by atoms with Gasteiger partial charge in [0.1, 0.15) is 0 Å². The first-order valence-electron chi connectivity index (χ1n) is 4.99. The molecule has 3 N–H and O–H groups in total. The molecule has 0 saturated carbocycles. The first-order chi connectivity index (χ1) is 6.75. The molecule has 0 spiro atoms. The summed E-state index contributed by atoms with van der Waals surface area (Å²) in [5, 5.41) is 14.3. The molecule has 0 unspecified atom stereocenters. The van der Waals surface area contributed by atoms with Crippen LogP contribution >= 0.6 is 0 Å². The summed E-state index contributed by atoms with van der Waals surface area (Å²) < 4.78 is 0. The van der Waals surface area contributed by atoms with Gasteiger partial charge in [0.05, 0.1) is 12.0 Å². The summed E-state index contributed by atoms with van der Waals surface area (Å²) in [6.45, 7) is 7.38. The fourth-order valence-electron chi connectivity index (χ4n) is 0.754. The second-order valence-corrected chi connectivity index (χ2v) is 4.50. The molecule has 0 aliphatic carbocycles. The van der Waals surface area contributed by atoms with E-state index in [4.69, 9.17) is 5.11 Å². The molecule has 0 bridgehead atoms. The Balaban J connectivity index is 3.85. The van der Waals surface area contributed by atoms with Gasteiger partial charge in [0.25, 0.3) is 0 Å². The lowest BCUT2D eigenvalue weighted by molar-refractivity contribution is -0.146. The lowest BCUT2D eigenvalue weighted by Gasteiger charge is -2.19. The minimum absolute atomic E-state index is 0.140. The molecular weight excluding hydrogens is 196 g/mol. The topological polar surface area (TPSA) is 78.4 Å². The van der Waals surface area contributed by atoms with Crippen LogP contribution in [0.15, 0.2) is 0 Å². The van der Waals surface area contributed by atoms with Crippen molar-refractivity contribution < 1.29 is 14.7 Å². The second-order valence-electron chi connectivity index (χ2n) is 4.50. The van der Waals surface area contributed by atoms with E-state index in [1.807, 2.05) is 13.8 Å². The highest BCUT2D eigenvalue weighted by molar-refractivity contribution is 5.80. The van der Waals surface area contributed by atoms with E-state index in [0.717, 1.165) is 0 Å². The normalized spacial score (nSPS) is 11.5. The van der Waals surface area contributed by atoms with Gasteiger partial charge in [-0.25, -0.2) is 0 Å². The van der Waals surface area contributed by atoms with Crippen LogP contribution in [0.5, 0.6) is 0 Å². The summed E-state index contributed by atoms with van der Waals surface area (Å²) in [5.74, 6) is -1.10. The molecule has 5 heteroatoms. The van der Waals surface area contributed by atoms with Crippen molar-refractivity contribution in [2.24, 2.45) is 5.41 Å². The third kappa shape index (κ3) is 6.06. The van der Waals surface area contributed by atoms with E-state index in [1.54, 1.807) is 13.8 Å². The van der Waals surface area contributed by atoms with E-state index in [1.165, 1.54) is 0 Å². The van der Waals surface area contributed by atoms with Gasteiger partial charge in [-0.3, -0.25) is 9.59 Å². The standard InChI is InChI=1S/C10H20N2O3/c1-7(2)11-5-8(13)12-6-10(3,4)9(14)15/h7,11H,5-6H2,1-4H3,(H,12,13)(H,14,15). The number of aliphatic carboxylic acids is 1. The molecule has 0 saturated heterocycles. The number of nitrogens with one attached hydrogen (secondary N) is 2. The molecule has 0 fully saturated rings. The highest BCUT2D eigenvalue weighted by Gasteiger charge is 2.27. The number of rotatable bonds is 6. The lowest BCUT2D eigenvalue weighted by Crippen LogP contribution is -2.43. The highest BCUT2D eigenvalue weighted by Crippen LogP contribution is 2.12. The number of amides is 1. The Bertz CT molecular complexity index is 237. The summed E-state index contributed by atoms with van der Waals surface area (Å²) in [7, 11) is 0.